The standard InChI is InChI=1S/C12H8BrIOS/c13-11-4-3-8(14)6-10(11)12(15)7-9-2-1-5-16-9/h1-6H,7H2. The summed E-state index contributed by atoms with van der Waals surface area (Å²) in [7, 11) is 0. The van der Waals surface area contributed by atoms with E-state index in [4.69, 9.17) is 0 Å². The molecule has 1 nitrogen and oxygen atoms in total. The van der Waals surface area contributed by atoms with Crippen LogP contribution in [0.2, 0.25) is 0 Å². The predicted molar refractivity (Wildman–Crippen MR) is 79.2 cm³/mol. The second kappa shape index (κ2) is 5.42. The number of rotatable bonds is 3. The molecule has 0 aliphatic rings. The van der Waals surface area contributed by atoms with E-state index in [1.807, 2.05) is 35.7 Å². The van der Waals surface area contributed by atoms with Gasteiger partial charge in [0, 0.05) is 24.9 Å². The lowest BCUT2D eigenvalue weighted by molar-refractivity contribution is 0.0993. The van der Waals surface area contributed by atoms with Crippen LogP contribution in [0, 0.1) is 3.57 Å². The van der Waals surface area contributed by atoms with Gasteiger partial charge in [0.1, 0.15) is 0 Å². The van der Waals surface area contributed by atoms with E-state index in [-0.39, 0.29) is 5.78 Å². The molecule has 82 valence electrons. The molecular weight excluding hydrogens is 399 g/mol. The quantitative estimate of drug-likeness (QED) is 0.540. The van der Waals surface area contributed by atoms with Gasteiger partial charge in [-0.3, -0.25) is 4.79 Å². The Morgan fingerprint density at radius 3 is 2.88 bits per heavy atom. The van der Waals surface area contributed by atoms with E-state index in [1.54, 1.807) is 11.3 Å². The Bertz CT molecular complexity index is 508. The Labute approximate surface area is 120 Å². The summed E-state index contributed by atoms with van der Waals surface area (Å²) >= 11 is 7.25. The van der Waals surface area contributed by atoms with E-state index in [9.17, 15) is 4.79 Å². The first-order valence-electron chi connectivity index (χ1n) is 4.67. The van der Waals surface area contributed by atoms with Gasteiger partial charge in [-0.15, -0.1) is 11.3 Å². The van der Waals surface area contributed by atoms with Crippen LogP contribution in [0.3, 0.4) is 0 Å². The molecule has 2 rings (SSSR count). The molecular formula is C12H8BrIOS. The van der Waals surface area contributed by atoms with Crippen molar-refractivity contribution in [3.05, 3.63) is 54.2 Å². The maximum Gasteiger partial charge on any atom is 0.169 e. The molecule has 0 N–H and O–H groups in total. The van der Waals surface area contributed by atoms with Crippen LogP contribution >= 0.6 is 49.9 Å². The monoisotopic (exact) mass is 406 g/mol. The van der Waals surface area contributed by atoms with Crippen molar-refractivity contribution in [2.24, 2.45) is 0 Å². The molecule has 1 aromatic heterocycles. The van der Waals surface area contributed by atoms with Crippen molar-refractivity contribution in [1.29, 1.82) is 0 Å². The first kappa shape index (κ1) is 12.3. The van der Waals surface area contributed by atoms with Crippen molar-refractivity contribution in [1.82, 2.24) is 0 Å². The van der Waals surface area contributed by atoms with Crippen LogP contribution in [0.25, 0.3) is 0 Å². The normalized spacial score (nSPS) is 10.4. The van der Waals surface area contributed by atoms with Crippen LogP contribution in [0.5, 0.6) is 0 Å². The van der Waals surface area contributed by atoms with E-state index in [0.29, 0.717) is 6.42 Å². The molecule has 0 aliphatic carbocycles. The van der Waals surface area contributed by atoms with Gasteiger partial charge in [-0.1, -0.05) is 22.0 Å². The van der Waals surface area contributed by atoms with Crippen LogP contribution in [0.1, 0.15) is 15.2 Å². The average Bonchev–Trinajstić information content (AvgIpc) is 2.74. The zero-order valence-electron chi connectivity index (χ0n) is 8.24. The van der Waals surface area contributed by atoms with Crippen molar-refractivity contribution in [3.8, 4) is 0 Å². The highest BCUT2D eigenvalue weighted by molar-refractivity contribution is 14.1. The highest BCUT2D eigenvalue weighted by atomic mass is 127. The Balaban J connectivity index is 2.24. The summed E-state index contributed by atoms with van der Waals surface area (Å²) in [5, 5.41) is 1.99. The van der Waals surface area contributed by atoms with Gasteiger partial charge in [-0.05, 0) is 52.2 Å². The zero-order valence-corrected chi connectivity index (χ0v) is 12.8. The highest BCUT2D eigenvalue weighted by Gasteiger charge is 2.11. The molecule has 2 aromatic rings. The molecule has 0 radical (unpaired) electrons. The van der Waals surface area contributed by atoms with E-state index in [2.05, 4.69) is 38.5 Å². The predicted octanol–water partition coefficient (Wildman–Crippen LogP) is 4.54. The maximum atomic E-state index is 12.1. The van der Waals surface area contributed by atoms with E-state index < -0.39 is 0 Å². The van der Waals surface area contributed by atoms with Crippen LogP contribution in [-0.4, -0.2) is 5.78 Å². The minimum absolute atomic E-state index is 0.160. The summed E-state index contributed by atoms with van der Waals surface area (Å²) < 4.78 is 1.95. The summed E-state index contributed by atoms with van der Waals surface area (Å²) in [6.45, 7) is 0. The third kappa shape index (κ3) is 2.93. The molecule has 0 spiro atoms. The van der Waals surface area contributed by atoms with Gasteiger partial charge in [0.25, 0.3) is 0 Å². The van der Waals surface area contributed by atoms with Crippen molar-refractivity contribution < 1.29 is 4.79 Å². The minimum atomic E-state index is 0.160. The zero-order chi connectivity index (χ0) is 11.5. The second-order valence-electron chi connectivity index (χ2n) is 3.30. The first-order chi connectivity index (χ1) is 7.66. The van der Waals surface area contributed by atoms with Gasteiger partial charge in [-0.25, -0.2) is 0 Å². The number of ketones is 1. The number of carbonyl (C=O) groups excluding carboxylic acids is 1. The average molecular weight is 407 g/mol. The fourth-order valence-corrected chi connectivity index (χ4v) is 3.04. The molecule has 1 aromatic carbocycles. The Kier molecular flexibility index (Phi) is 4.16. The van der Waals surface area contributed by atoms with E-state index in [0.717, 1.165) is 18.5 Å². The lowest BCUT2D eigenvalue weighted by Crippen LogP contribution is -2.03. The summed E-state index contributed by atoms with van der Waals surface area (Å²) in [5.41, 5.74) is 0.764. The Hall–Kier alpha value is -0.200. The molecule has 1 heterocycles. The summed E-state index contributed by atoms with van der Waals surface area (Å²) in [4.78, 5) is 13.2. The minimum Gasteiger partial charge on any atom is -0.294 e. The molecule has 0 unspecified atom stereocenters. The fourth-order valence-electron chi connectivity index (χ4n) is 1.38. The largest absolute Gasteiger partial charge is 0.294 e. The van der Waals surface area contributed by atoms with Crippen molar-refractivity contribution >= 4 is 55.6 Å². The molecule has 0 aliphatic heterocycles. The number of hydrogen-bond acceptors (Lipinski definition) is 2. The smallest absolute Gasteiger partial charge is 0.169 e. The van der Waals surface area contributed by atoms with E-state index in [1.165, 1.54) is 0 Å². The number of thiophene rings is 1. The summed E-state index contributed by atoms with van der Waals surface area (Å²) in [6, 6.07) is 9.78. The number of benzene rings is 1. The highest BCUT2D eigenvalue weighted by Crippen LogP contribution is 2.22. The first-order valence-corrected chi connectivity index (χ1v) is 7.42. The Morgan fingerprint density at radius 1 is 1.38 bits per heavy atom. The third-order valence-corrected chi connectivity index (χ3v) is 4.38. The Morgan fingerprint density at radius 2 is 2.19 bits per heavy atom. The number of Topliss-reactive ketones (excluding diaryl/α,β-unsaturated/α-hetero) is 1. The second-order valence-corrected chi connectivity index (χ2v) is 6.44. The molecule has 0 saturated heterocycles. The molecule has 0 amide bonds. The van der Waals surface area contributed by atoms with Crippen molar-refractivity contribution in [3.63, 3.8) is 0 Å². The molecule has 4 heteroatoms. The lowest BCUT2D eigenvalue weighted by atomic mass is 10.1. The van der Waals surface area contributed by atoms with Crippen molar-refractivity contribution in [2.75, 3.05) is 0 Å². The number of halogens is 2. The van der Waals surface area contributed by atoms with Crippen LogP contribution in [-0.2, 0) is 6.42 Å². The van der Waals surface area contributed by atoms with Gasteiger partial charge >= 0.3 is 0 Å². The fraction of sp³-hybridized carbons (Fsp3) is 0.0833. The topological polar surface area (TPSA) is 17.1 Å². The van der Waals surface area contributed by atoms with Crippen LogP contribution in [0.4, 0.5) is 0 Å². The van der Waals surface area contributed by atoms with Gasteiger partial charge in [0.2, 0.25) is 0 Å². The third-order valence-electron chi connectivity index (χ3n) is 2.14. The number of hydrogen-bond donors (Lipinski definition) is 0. The molecule has 16 heavy (non-hydrogen) atoms. The van der Waals surface area contributed by atoms with Gasteiger partial charge in [0.15, 0.2) is 5.78 Å². The van der Waals surface area contributed by atoms with Crippen LogP contribution in [0.15, 0.2) is 40.2 Å². The lowest BCUT2D eigenvalue weighted by Gasteiger charge is -2.03. The van der Waals surface area contributed by atoms with Gasteiger partial charge in [-0.2, -0.15) is 0 Å². The maximum absolute atomic E-state index is 12.1. The molecule has 0 atom stereocenters. The number of carbonyl (C=O) groups is 1. The van der Waals surface area contributed by atoms with Gasteiger partial charge < -0.3 is 0 Å². The van der Waals surface area contributed by atoms with E-state index >= 15 is 0 Å². The molecule has 0 saturated carbocycles. The van der Waals surface area contributed by atoms with Crippen molar-refractivity contribution in [2.45, 2.75) is 6.42 Å². The van der Waals surface area contributed by atoms with Crippen LogP contribution < -0.4 is 0 Å². The molecule has 0 fully saturated rings. The SMILES string of the molecule is O=C(Cc1cccs1)c1cc(I)ccc1Br. The molecule has 0 bridgehead atoms. The summed E-state index contributed by atoms with van der Waals surface area (Å²) in [5.74, 6) is 0.160. The van der Waals surface area contributed by atoms with Gasteiger partial charge in [0.05, 0.1) is 0 Å². The summed E-state index contributed by atoms with van der Waals surface area (Å²) in [6.07, 6.45) is 0.482.